The van der Waals surface area contributed by atoms with Gasteiger partial charge in [0.15, 0.2) is 5.78 Å². The Hall–Kier alpha value is -3.92. The van der Waals surface area contributed by atoms with E-state index in [-0.39, 0.29) is 18.2 Å². The molecule has 0 spiro atoms. The molecule has 10 nitrogen and oxygen atoms in total. The third-order valence-electron chi connectivity index (χ3n) is 6.18. The molecule has 38 heavy (non-hydrogen) atoms. The summed E-state index contributed by atoms with van der Waals surface area (Å²) >= 11 is 0. The molecule has 0 fully saturated rings. The van der Waals surface area contributed by atoms with Crippen LogP contribution in [0.2, 0.25) is 0 Å². The molecule has 1 aliphatic heterocycles. The number of nitrogens with zero attached hydrogens (tertiary/aromatic N) is 3. The van der Waals surface area contributed by atoms with E-state index in [9.17, 15) is 24.3 Å². The van der Waals surface area contributed by atoms with Crippen LogP contribution in [0.15, 0.2) is 53.7 Å². The van der Waals surface area contributed by atoms with E-state index in [1.165, 1.54) is 11.8 Å². The number of amides is 3. The molecule has 10 heteroatoms. The number of anilines is 1. The van der Waals surface area contributed by atoms with E-state index < -0.39 is 41.4 Å². The zero-order valence-corrected chi connectivity index (χ0v) is 22.6. The number of aromatic nitrogens is 1. The summed E-state index contributed by atoms with van der Waals surface area (Å²) in [6.07, 6.45) is -1.08. The maximum atomic E-state index is 13.8. The van der Waals surface area contributed by atoms with Gasteiger partial charge in [-0.15, -0.1) is 0 Å². The standard InChI is InChI=1S/C28H35N5O5/c1-16(2)23(35)26(37)30-17(3)25(36)32-24-27(38)33(15-21(34)28(4,5)6)20-13-8-7-11-18(20)22(31-24)19-12-9-10-14-29-19/h7-14,16-17,23-24,35H,15H2,1-6H3,(H,30,37)(H,32,36)/t17-,23?,24?/m0/s1. The zero-order valence-electron chi connectivity index (χ0n) is 22.6. The maximum Gasteiger partial charge on any atom is 0.272 e. The van der Waals surface area contributed by atoms with Gasteiger partial charge in [-0.25, -0.2) is 4.99 Å². The number of hydrogen-bond donors (Lipinski definition) is 3. The minimum absolute atomic E-state index is 0.171. The van der Waals surface area contributed by atoms with Crippen LogP contribution < -0.4 is 15.5 Å². The molecule has 3 atom stereocenters. The number of aliphatic imine (C=N–C) groups is 1. The highest BCUT2D eigenvalue weighted by atomic mass is 16.3. The van der Waals surface area contributed by atoms with E-state index in [4.69, 9.17) is 0 Å². The molecule has 0 saturated heterocycles. The first-order chi connectivity index (χ1) is 17.8. The molecule has 3 rings (SSSR count). The van der Waals surface area contributed by atoms with E-state index in [1.54, 1.807) is 83.3 Å². The highest BCUT2D eigenvalue weighted by molar-refractivity contribution is 6.20. The van der Waals surface area contributed by atoms with Crippen molar-refractivity contribution in [2.75, 3.05) is 11.4 Å². The average Bonchev–Trinajstić information content (AvgIpc) is 2.98. The van der Waals surface area contributed by atoms with Crippen molar-refractivity contribution in [2.24, 2.45) is 16.3 Å². The number of para-hydroxylation sites is 1. The number of Topliss-reactive ketones (excluding diaryl/α,β-unsaturated/α-hetero) is 1. The number of pyridine rings is 1. The highest BCUT2D eigenvalue weighted by Crippen LogP contribution is 2.29. The Morgan fingerprint density at radius 3 is 2.29 bits per heavy atom. The van der Waals surface area contributed by atoms with Crippen molar-refractivity contribution in [1.82, 2.24) is 15.6 Å². The van der Waals surface area contributed by atoms with Crippen LogP contribution in [0.4, 0.5) is 5.69 Å². The predicted octanol–water partition coefficient (Wildman–Crippen LogP) is 1.84. The van der Waals surface area contributed by atoms with Crippen LogP contribution in [0.1, 0.15) is 52.8 Å². The first-order valence-electron chi connectivity index (χ1n) is 12.5. The fourth-order valence-corrected chi connectivity index (χ4v) is 3.70. The Morgan fingerprint density at radius 1 is 1.03 bits per heavy atom. The quantitative estimate of drug-likeness (QED) is 0.484. The Balaban J connectivity index is 2.02. The van der Waals surface area contributed by atoms with Gasteiger partial charge in [0.2, 0.25) is 18.0 Å². The summed E-state index contributed by atoms with van der Waals surface area (Å²) in [6, 6.07) is 11.3. The number of carbonyl (C=O) groups is 4. The summed E-state index contributed by atoms with van der Waals surface area (Å²) in [4.78, 5) is 62.5. The third-order valence-corrected chi connectivity index (χ3v) is 6.18. The summed E-state index contributed by atoms with van der Waals surface area (Å²) in [5.74, 6) is -2.49. The van der Waals surface area contributed by atoms with Crippen molar-refractivity contribution in [3.63, 3.8) is 0 Å². The lowest BCUT2D eigenvalue weighted by atomic mass is 9.90. The predicted molar refractivity (Wildman–Crippen MR) is 144 cm³/mol. The van der Waals surface area contributed by atoms with Crippen molar-refractivity contribution in [1.29, 1.82) is 0 Å². The zero-order chi connectivity index (χ0) is 28.2. The minimum Gasteiger partial charge on any atom is -0.383 e. The van der Waals surface area contributed by atoms with Crippen molar-refractivity contribution < 1.29 is 24.3 Å². The first-order valence-corrected chi connectivity index (χ1v) is 12.5. The molecular formula is C28H35N5O5. The molecule has 0 radical (unpaired) electrons. The number of rotatable bonds is 8. The third kappa shape index (κ3) is 6.49. The summed E-state index contributed by atoms with van der Waals surface area (Å²) in [5, 5.41) is 15.1. The molecule has 202 valence electrons. The van der Waals surface area contributed by atoms with Crippen LogP contribution in [0.25, 0.3) is 0 Å². The van der Waals surface area contributed by atoms with Gasteiger partial charge in [0.1, 0.15) is 12.1 Å². The molecule has 3 amide bonds. The van der Waals surface area contributed by atoms with Crippen molar-refractivity contribution in [3.05, 3.63) is 59.9 Å². The van der Waals surface area contributed by atoms with E-state index in [0.29, 0.717) is 22.7 Å². The van der Waals surface area contributed by atoms with E-state index in [2.05, 4.69) is 20.6 Å². The monoisotopic (exact) mass is 521 g/mol. The second-order valence-electron chi connectivity index (χ2n) is 10.6. The van der Waals surface area contributed by atoms with Crippen molar-refractivity contribution >= 4 is 34.9 Å². The van der Waals surface area contributed by atoms with E-state index in [0.717, 1.165) is 0 Å². The number of ketones is 1. The molecule has 2 unspecified atom stereocenters. The largest absolute Gasteiger partial charge is 0.383 e. The van der Waals surface area contributed by atoms with Crippen LogP contribution in [0, 0.1) is 11.3 Å². The number of aliphatic hydroxyl groups is 1. The van der Waals surface area contributed by atoms with Crippen molar-refractivity contribution in [2.45, 2.75) is 59.9 Å². The van der Waals surface area contributed by atoms with E-state index >= 15 is 0 Å². The number of fused-ring (bicyclic) bond motifs is 1. The molecule has 0 bridgehead atoms. The molecule has 2 aromatic rings. The number of carbonyl (C=O) groups excluding carboxylic acids is 4. The molecular weight excluding hydrogens is 486 g/mol. The average molecular weight is 522 g/mol. The fourth-order valence-electron chi connectivity index (χ4n) is 3.70. The second kappa shape index (κ2) is 11.6. The van der Waals surface area contributed by atoms with Gasteiger partial charge in [0.25, 0.3) is 5.91 Å². The molecule has 3 N–H and O–H groups in total. The van der Waals surface area contributed by atoms with Crippen LogP contribution in [0.5, 0.6) is 0 Å². The topological polar surface area (TPSA) is 141 Å². The Kier molecular flexibility index (Phi) is 8.78. The van der Waals surface area contributed by atoms with E-state index in [1.807, 2.05) is 0 Å². The Labute approximate surface area is 222 Å². The second-order valence-corrected chi connectivity index (χ2v) is 10.6. The molecule has 1 aliphatic rings. The van der Waals surface area contributed by atoms with Gasteiger partial charge in [-0.2, -0.15) is 0 Å². The molecule has 1 aromatic carbocycles. The van der Waals surface area contributed by atoms with Gasteiger partial charge < -0.3 is 20.6 Å². The van der Waals surface area contributed by atoms with Crippen LogP contribution >= 0.6 is 0 Å². The van der Waals surface area contributed by atoms with Gasteiger partial charge in [-0.05, 0) is 31.0 Å². The molecule has 0 aliphatic carbocycles. The van der Waals surface area contributed by atoms with Gasteiger partial charge in [0, 0.05) is 17.2 Å². The van der Waals surface area contributed by atoms with Crippen LogP contribution in [-0.2, 0) is 19.2 Å². The summed E-state index contributed by atoms with van der Waals surface area (Å²) in [7, 11) is 0. The molecule has 2 heterocycles. The van der Waals surface area contributed by atoms with Gasteiger partial charge in [-0.1, -0.05) is 58.9 Å². The minimum atomic E-state index is -1.39. The normalized spacial score (nSPS) is 17.2. The van der Waals surface area contributed by atoms with Crippen LogP contribution in [0.3, 0.4) is 0 Å². The molecule has 1 aromatic heterocycles. The fraction of sp³-hybridized carbons (Fsp3) is 0.429. The van der Waals surface area contributed by atoms with Crippen LogP contribution in [-0.4, -0.2) is 64.2 Å². The Morgan fingerprint density at radius 2 is 1.68 bits per heavy atom. The van der Waals surface area contributed by atoms with Gasteiger partial charge in [0.05, 0.1) is 23.6 Å². The lowest BCUT2D eigenvalue weighted by molar-refractivity contribution is -0.136. The number of aliphatic hydroxyl groups excluding tert-OH is 1. The first kappa shape index (κ1) is 28.6. The Bertz CT molecular complexity index is 1240. The summed E-state index contributed by atoms with van der Waals surface area (Å²) in [6.45, 7) is 9.90. The number of hydrogen-bond acceptors (Lipinski definition) is 7. The highest BCUT2D eigenvalue weighted by Gasteiger charge is 2.37. The smallest absolute Gasteiger partial charge is 0.272 e. The molecule has 0 saturated carbocycles. The number of nitrogens with one attached hydrogen (secondary N) is 2. The van der Waals surface area contributed by atoms with Gasteiger partial charge in [-0.3, -0.25) is 24.2 Å². The maximum absolute atomic E-state index is 13.8. The summed E-state index contributed by atoms with van der Waals surface area (Å²) in [5.41, 5.74) is 1.20. The lowest BCUT2D eigenvalue weighted by Crippen LogP contribution is -2.55. The lowest BCUT2D eigenvalue weighted by Gasteiger charge is -2.28. The van der Waals surface area contributed by atoms with Crippen molar-refractivity contribution in [3.8, 4) is 0 Å². The SMILES string of the molecule is CC(C)C(O)C(=O)N[C@@H](C)C(=O)NC1N=C(c2ccccn2)c2ccccc2N(CC(=O)C(C)(C)C)C1=O. The number of benzene rings is 1. The number of benzodiazepines with no additional fused rings is 1. The van der Waals surface area contributed by atoms with Gasteiger partial charge >= 0.3 is 0 Å². The summed E-state index contributed by atoms with van der Waals surface area (Å²) < 4.78 is 0.